The first kappa shape index (κ1) is 27.7. The first-order chi connectivity index (χ1) is 19.7. The largest absolute Gasteiger partial charge is 0.418 e. The second kappa shape index (κ2) is 11.1. The number of fused-ring (bicyclic) bond motifs is 1. The molecule has 1 aliphatic heterocycles. The molecule has 1 saturated heterocycles. The number of likely N-dealkylation sites (tertiary alicyclic amines) is 1. The minimum Gasteiger partial charge on any atom is -0.384 e. The molecule has 1 aromatic carbocycles. The second-order valence-electron chi connectivity index (χ2n) is 11.6. The molecule has 1 aliphatic carbocycles. The Morgan fingerprint density at radius 1 is 1.10 bits per heavy atom. The fourth-order valence-electron chi connectivity index (χ4n) is 6.62. The summed E-state index contributed by atoms with van der Waals surface area (Å²) in [4.78, 5) is 15.8. The van der Waals surface area contributed by atoms with Crippen LogP contribution in [0.4, 0.5) is 13.2 Å². The lowest BCUT2D eigenvalue weighted by Gasteiger charge is -2.40. The van der Waals surface area contributed by atoms with Crippen LogP contribution in [0.1, 0.15) is 60.5 Å². The summed E-state index contributed by atoms with van der Waals surface area (Å²) in [6.45, 7) is 2.79. The molecule has 0 spiro atoms. The molecule has 4 aromatic rings. The van der Waals surface area contributed by atoms with Gasteiger partial charge < -0.3 is 9.30 Å². The van der Waals surface area contributed by atoms with Crippen molar-refractivity contribution < 1.29 is 17.9 Å². The molecule has 3 aromatic heterocycles. The van der Waals surface area contributed by atoms with Crippen LogP contribution in [0, 0.1) is 11.8 Å². The van der Waals surface area contributed by atoms with E-state index in [4.69, 9.17) is 4.74 Å². The van der Waals surface area contributed by atoms with E-state index in [0.29, 0.717) is 36.2 Å². The molecule has 1 atom stereocenters. The lowest BCUT2D eigenvalue weighted by Crippen LogP contribution is -2.33. The summed E-state index contributed by atoms with van der Waals surface area (Å²) in [6.07, 6.45) is 5.09. The monoisotopic (exact) mass is 568 g/mol. The second-order valence-corrected chi connectivity index (χ2v) is 11.6. The highest BCUT2D eigenvalue weighted by Gasteiger charge is 2.39. The average molecular weight is 569 g/mol. The van der Waals surface area contributed by atoms with Gasteiger partial charge in [-0.1, -0.05) is 18.6 Å². The summed E-state index contributed by atoms with van der Waals surface area (Å²) in [6, 6.07) is 8.69. The first-order valence-corrected chi connectivity index (χ1v) is 14.2. The molecule has 1 saturated carbocycles. The number of ether oxygens (including phenoxy) is 1. The third-order valence-corrected chi connectivity index (χ3v) is 8.66. The average Bonchev–Trinajstić information content (AvgIpc) is 3.50. The van der Waals surface area contributed by atoms with Crippen LogP contribution in [0.2, 0.25) is 0 Å². The van der Waals surface area contributed by atoms with Crippen molar-refractivity contribution in [2.24, 2.45) is 18.9 Å². The number of hydrogen-bond donors (Lipinski definition) is 0. The van der Waals surface area contributed by atoms with Crippen LogP contribution in [-0.2, 0) is 24.5 Å². The van der Waals surface area contributed by atoms with E-state index >= 15 is 0 Å². The summed E-state index contributed by atoms with van der Waals surface area (Å²) in [5.74, 6) is 1.54. The van der Waals surface area contributed by atoms with E-state index < -0.39 is 17.4 Å². The van der Waals surface area contributed by atoms with Crippen LogP contribution in [0.15, 0.2) is 53.8 Å². The quantitative estimate of drug-likeness (QED) is 0.298. The molecule has 8 nitrogen and oxygen atoms in total. The minimum atomic E-state index is -4.59. The number of methoxy groups -OCH3 is 1. The van der Waals surface area contributed by atoms with E-state index in [2.05, 4.69) is 15.1 Å². The molecule has 0 amide bonds. The highest BCUT2D eigenvalue weighted by molar-refractivity contribution is 5.58. The van der Waals surface area contributed by atoms with Crippen molar-refractivity contribution in [3.8, 4) is 5.69 Å². The van der Waals surface area contributed by atoms with Gasteiger partial charge in [-0.2, -0.15) is 13.2 Å². The van der Waals surface area contributed by atoms with Crippen molar-refractivity contribution in [3.05, 3.63) is 82.1 Å². The Balaban J connectivity index is 1.40. The Morgan fingerprint density at radius 3 is 2.56 bits per heavy atom. The number of aryl methyl sites for hydroxylation is 1. The summed E-state index contributed by atoms with van der Waals surface area (Å²) >= 11 is 0. The summed E-state index contributed by atoms with van der Waals surface area (Å²) < 4.78 is 52.4. The molecular weight excluding hydrogens is 533 g/mol. The van der Waals surface area contributed by atoms with E-state index in [1.54, 1.807) is 25.7 Å². The number of imidazole rings is 1. The van der Waals surface area contributed by atoms with Crippen LogP contribution >= 0.6 is 0 Å². The molecule has 0 bridgehead atoms. The molecule has 0 unspecified atom stereocenters. The molecule has 41 heavy (non-hydrogen) atoms. The zero-order valence-electron chi connectivity index (χ0n) is 23.3. The fourth-order valence-corrected chi connectivity index (χ4v) is 6.62. The molecule has 0 N–H and O–H groups in total. The molecule has 11 heteroatoms. The van der Waals surface area contributed by atoms with Gasteiger partial charge in [-0.25, -0.2) is 4.79 Å². The van der Waals surface area contributed by atoms with Gasteiger partial charge in [-0.05, 0) is 79.9 Å². The van der Waals surface area contributed by atoms with Crippen molar-refractivity contribution in [1.82, 2.24) is 28.6 Å². The van der Waals surface area contributed by atoms with Gasteiger partial charge in [0, 0.05) is 45.6 Å². The number of aromatic nitrogens is 5. The summed E-state index contributed by atoms with van der Waals surface area (Å²) in [5.41, 5.74) is 0.474. The molecule has 2 aliphatic rings. The van der Waals surface area contributed by atoms with Crippen molar-refractivity contribution in [1.29, 1.82) is 0 Å². The maximum Gasteiger partial charge on any atom is 0.418 e. The first-order valence-electron chi connectivity index (χ1n) is 14.2. The van der Waals surface area contributed by atoms with Crippen LogP contribution in [0.5, 0.6) is 0 Å². The van der Waals surface area contributed by atoms with Crippen molar-refractivity contribution >= 4 is 5.52 Å². The maximum absolute atomic E-state index is 14.2. The van der Waals surface area contributed by atoms with E-state index in [0.717, 1.165) is 61.0 Å². The van der Waals surface area contributed by atoms with Gasteiger partial charge in [-0.15, -0.1) is 10.2 Å². The van der Waals surface area contributed by atoms with Gasteiger partial charge in [0.25, 0.3) is 0 Å². The number of alkyl halides is 3. The SMILES string of the molecule is COCC1CC([C@@H](c2cccc(-n3cc4c(C(F)(F)F)cc(CN5CCCCC5)cn4c3=O)c2)c2nncn2C)C1. The van der Waals surface area contributed by atoms with Gasteiger partial charge in [-0.3, -0.25) is 13.9 Å². The molecule has 0 radical (unpaired) electrons. The number of hydrogen-bond acceptors (Lipinski definition) is 5. The molecular formula is C30H35F3N6O2. The number of pyridine rings is 1. The van der Waals surface area contributed by atoms with Crippen LogP contribution < -0.4 is 5.69 Å². The Bertz CT molecular complexity index is 1580. The van der Waals surface area contributed by atoms with Gasteiger partial charge in [0.05, 0.1) is 16.8 Å². The molecule has 6 rings (SSSR count). The Hall–Kier alpha value is -3.44. The van der Waals surface area contributed by atoms with Gasteiger partial charge >= 0.3 is 11.9 Å². The van der Waals surface area contributed by atoms with Crippen molar-refractivity contribution in [2.75, 3.05) is 26.8 Å². The summed E-state index contributed by atoms with van der Waals surface area (Å²) in [7, 11) is 3.61. The molecule has 218 valence electrons. The predicted octanol–water partition coefficient (Wildman–Crippen LogP) is 5.03. The van der Waals surface area contributed by atoms with Gasteiger partial charge in [0.2, 0.25) is 0 Å². The lowest BCUT2D eigenvalue weighted by molar-refractivity contribution is -0.136. The van der Waals surface area contributed by atoms with E-state index in [1.165, 1.54) is 16.8 Å². The van der Waals surface area contributed by atoms with Gasteiger partial charge in [0.1, 0.15) is 12.2 Å². The highest BCUT2D eigenvalue weighted by atomic mass is 19.4. The van der Waals surface area contributed by atoms with Crippen molar-refractivity contribution in [2.45, 2.75) is 50.7 Å². The van der Waals surface area contributed by atoms with Crippen LogP contribution in [-0.4, -0.2) is 55.4 Å². The Morgan fingerprint density at radius 2 is 1.88 bits per heavy atom. The van der Waals surface area contributed by atoms with E-state index in [1.807, 2.05) is 29.8 Å². The smallest absolute Gasteiger partial charge is 0.384 e. The fraction of sp³-hybridized carbons (Fsp3) is 0.500. The highest BCUT2D eigenvalue weighted by Crippen LogP contribution is 2.46. The number of nitrogens with zero attached hydrogens (tertiary/aromatic N) is 6. The molecule has 4 heterocycles. The number of benzene rings is 1. The number of piperidine rings is 1. The zero-order valence-corrected chi connectivity index (χ0v) is 23.3. The number of halogens is 3. The topological polar surface area (TPSA) is 69.6 Å². The van der Waals surface area contributed by atoms with E-state index in [-0.39, 0.29) is 11.4 Å². The Kier molecular flexibility index (Phi) is 7.50. The van der Waals surface area contributed by atoms with E-state index in [9.17, 15) is 18.0 Å². The summed E-state index contributed by atoms with van der Waals surface area (Å²) in [5, 5.41) is 8.49. The maximum atomic E-state index is 14.2. The van der Waals surface area contributed by atoms with Crippen LogP contribution in [0.25, 0.3) is 11.2 Å². The van der Waals surface area contributed by atoms with Crippen LogP contribution in [0.3, 0.4) is 0 Å². The predicted molar refractivity (Wildman–Crippen MR) is 148 cm³/mol. The third-order valence-electron chi connectivity index (χ3n) is 8.66. The van der Waals surface area contributed by atoms with Crippen molar-refractivity contribution in [3.63, 3.8) is 0 Å². The standard InChI is InChI=1S/C30H35F3N6O2/c1-36-19-34-35-28(36)27(23-11-20(12-23)18-41-2)22-7-6-8-24(14-22)38-17-26-25(30(31,32)33)13-21(16-39(26)29(38)40)15-37-9-4-3-5-10-37/h6-8,13-14,16-17,19-20,23,27H,3-5,9-12,15,18H2,1-2H3/t20?,23?,27-/m1/s1. The minimum absolute atomic E-state index is 0.0647. The molecule has 2 fully saturated rings. The number of rotatable bonds is 8. The van der Waals surface area contributed by atoms with Gasteiger partial charge in [0.15, 0.2) is 0 Å². The lowest BCUT2D eigenvalue weighted by atomic mass is 9.66. The Labute approximate surface area is 236 Å². The zero-order chi connectivity index (χ0) is 28.7. The third kappa shape index (κ3) is 5.44. The normalized spacial score (nSPS) is 20.8.